The summed E-state index contributed by atoms with van der Waals surface area (Å²) in [7, 11) is 1.31. The molecule has 0 saturated carbocycles. The largest absolute Gasteiger partial charge is 0.467 e. The summed E-state index contributed by atoms with van der Waals surface area (Å²) < 4.78 is 9.54. The Kier molecular flexibility index (Phi) is 3.38. The molecule has 0 bridgehead atoms. The lowest BCUT2D eigenvalue weighted by atomic mass is 10.2. The highest BCUT2D eigenvalue weighted by Gasteiger charge is 2.36. The molecule has 92 valence electrons. The summed E-state index contributed by atoms with van der Waals surface area (Å²) in [6.07, 6.45) is 2.74. The lowest BCUT2D eigenvalue weighted by Gasteiger charge is -2.21. The minimum atomic E-state index is -0.515. The molecule has 1 unspecified atom stereocenters. The fraction of sp³-hybridized carbons (Fsp3) is 0.455. The first-order chi connectivity index (χ1) is 8.15. The number of methoxy groups -OCH3 is 1. The number of likely N-dealkylation sites (tertiary alicyclic amines) is 1. The van der Waals surface area contributed by atoms with Gasteiger partial charge in [0.15, 0.2) is 0 Å². The van der Waals surface area contributed by atoms with Crippen LogP contribution in [0, 0.1) is 0 Å². The Morgan fingerprint density at radius 1 is 1.59 bits per heavy atom. The fourth-order valence-corrected chi connectivity index (χ4v) is 2.19. The highest BCUT2D eigenvalue weighted by molar-refractivity contribution is 6.32. The molecule has 1 fully saturated rings. The minimum absolute atomic E-state index is 0.0468. The van der Waals surface area contributed by atoms with Crippen LogP contribution in [0.3, 0.4) is 0 Å². The van der Waals surface area contributed by atoms with Gasteiger partial charge in [0.05, 0.1) is 18.9 Å². The van der Waals surface area contributed by atoms with Gasteiger partial charge >= 0.3 is 5.97 Å². The molecule has 6 heteroatoms. The maximum Gasteiger partial charge on any atom is 0.328 e. The van der Waals surface area contributed by atoms with Gasteiger partial charge in [0, 0.05) is 6.54 Å². The summed E-state index contributed by atoms with van der Waals surface area (Å²) in [5.74, 6) is -0.688. The summed E-state index contributed by atoms with van der Waals surface area (Å²) in [6.45, 7) is 0.528. The van der Waals surface area contributed by atoms with Gasteiger partial charge in [-0.15, -0.1) is 0 Å². The molecular weight excluding hydrogens is 246 g/mol. The van der Waals surface area contributed by atoms with Crippen LogP contribution in [0.25, 0.3) is 0 Å². The molecule has 0 radical (unpaired) electrons. The van der Waals surface area contributed by atoms with E-state index >= 15 is 0 Å². The quantitative estimate of drug-likeness (QED) is 0.757. The number of esters is 1. The Labute approximate surface area is 103 Å². The van der Waals surface area contributed by atoms with Gasteiger partial charge in [0.2, 0.25) is 5.22 Å². The van der Waals surface area contributed by atoms with E-state index in [4.69, 9.17) is 16.0 Å². The van der Waals surface area contributed by atoms with Crippen LogP contribution in [0.2, 0.25) is 5.22 Å². The summed E-state index contributed by atoms with van der Waals surface area (Å²) in [6, 6.07) is 0.982. The summed E-state index contributed by atoms with van der Waals surface area (Å²) in [5.41, 5.74) is 0.280. The average Bonchev–Trinajstić information content (AvgIpc) is 2.95. The maximum absolute atomic E-state index is 12.1. The molecule has 1 aromatic heterocycles. The van der Waals surface area contributed by atoms with E-state index in [9.17, 15) is 9.59 Å². The number of ether oxygens (including phenoxy) is 1. The van der Waals surface area contributed by atoms with Crippen molar-refractivity contribution in [2.24, 2.45) is 0 Å². The fourth-order valence-electron chi connectivity index (χ4n) is 1.99. The van der Waals surface area contributed by atoms with Crippen LogP contribution in [-0.4, -0.2) is 36.5 Å². The molecule has 1 aromatic rings. The topological polar surface area (TPSA) is 59.8 Å². The van der Waals surface area contributed by atoms with Crippen molar-refractivity contribution in [1.82, 2.24) is 4.90 Å². The van der Waals surface area contributed by atoms with Gasteiger partial charge in [-0.05, 0) is 30.5 Å². The lowest BCUT2D eigenvalue weighted by Crippen LogP contribution is -2.41. The number of hydrogen-bond acceptors (Lipinski definition) is 4. The third-order valence-corrected chi connectivity index (χ3v) is 3.13. The highest BCUT2D eigenvalue weighted by atomic mass is 35.5. The maximum atomic E-state index is 12.1. The number of rotatable bonds is 2. The number of nitrogens with zero attached hydrogens (tertiary/aromatic N) is 1. The van der Waals surface area contributed by atoms with E-state index in [2.05, 4.69) is 4.74 Å². The molecule has 17 heavy (non-hydrogen) atoms. The third kappa shape index (κ3) is 2.15. The van der Waals surface area contributed by atoms with E-state index in [1.54, 1.807) is 0 Å². The Morgan fingerprint density at radius 2 is 2.35 bits per heavy atom. The number of furan rings is 1. The predicted molar refractivity (Wildman–Crippen MR) is 59.8 cm³/mol. The molecule has 0 aromatic carbocycles. The zero-order valence-electron chi connectivity index (χ0n) is 9.31. The van der Waals surface area contributed by atoms with Crippen LogP contribution < -0.4 is 0 Å². The standard InChI is InChI=1S/C11H12ClNO4/c1-16-11(15)8-3-2-5-13(8)10(14)7-4-6-17-9(7)12/h4,6,8H,2-3,5H2,1H3. The second-order valence-electron chi connectivity index (χ2n) is 3.79. The van der Waals surface area contributed by atoms with Crippen molar-refractivity contribution in [3.63, 3.8) is 0 Å². The predicted octanol–water partition coefficient (Wildman–Crippen LogP) is 1.71. The molecule has 1 aliphatic rings. The number of hydrogen-bond donors (Lipinski definition) is 0. The SMILES string of the molecule is COC(=O)C1CCCN1C(=O)c1ccoc1Cl. The Bertz CT molecular complexity index is 442. The van der Waals surface area contributed by atoms with E-state index in [-0.39, 0.29) is 16.7 Å². The van der Waals surface area contributed by atoms with Gasteiger partial charge in [0.1, 0.15) is 6.04 Å². The molecule has 0 N–H and O–H groups in total. The number of carbonyl (C=O) groups is 2. The third-order valence-electron chi connectivity index (χ3n) is 2.84. The van der Waals surface area contributed by atoms with Crippen molar-refractivity contribution in [2.75, 3.05) is 13.7 Å². The monoisotopic (exact) mass is 257 g/mol. The Morgan fingerprint density at radius 3 is 2.94 bits per heavy atom. The molecule has 1 atom stereocenters. The van der Waals surface area contributed by atoms with Crippen molar-refractivity contribution in [2.45, 2.75) is 18.9 Å². The highest BCUT2D eigenvalue weighted by Crippen LogP contribution is 2.25. The van der Waals surface area contributed by atoms with Gasteiger partial charge in [-0.3, -0.25) is 4.79 Å². The summed E-state index contributed by atoms with van der Waals surface area (Å²) in [5, 5.41) is 0.0468. The van der Waals surface area contributed by atoms with Gasteiger partial charge in [-0.1, -0.05) is 0 Å². The van der Waals surface area contributed by atoms with E-state index < -0.39 is 12.0 Å². The second kappa shape index (κ2) is 4.79. The van der Waals surface area contributed by atoms with E-state index in [1.807, 2.05) is 0 Å². The smallest absolute Gasteiger partial charge is 0.328 e. The summed E-state index contributed by atoms with van der Waals surface area (Å²) >= 11 is 5.74. The normalized spacial score (nSPS) is 19.4. The van der Waals surface area contributed by atoms with E-state index in [1.165, 1.54) is 24.3 Å². The molecule has 5 nitrogen and oxygen atoms in total. The van der Waals surface area contributed by atoms with Gasteiger partial charge in [-0.25, -0.2) is 4.79 Å². The molecular formula is C11H12ClNO4. The molecule has 0 aliphatic carbocycles. The number of halogens is 1. The molecule has 2 rings (SSSR count). The van der Waals surface area contributed by atoms with Crippen molar-refractivity contribution < 1.29 is 18.7 Å². The second-order valence-corrected chi connectivity index (χ2v) is 4.13. The first-order valence-electron chi connectivity index (χ1n) is 5.27. The zero-order chi connectivity index (χ0) is 12.4. The van der Waals surface area contributed by atoms with Crippen molar-refractivity contribution >= 4 is 23.5 Å². The van der Waals surface area contributed by atoms with Crippen LogP contribution in [0.15, 0.2) is 16.7 Å². The average molecular weight is 258 g/mol. The van der Waals surface area contributed by atoms with Gasteiger partial charge < -0.3 is 14.1 Å². The van der Waals surface area contributed by atoms with Crippen LogP contribution in [0.4, 0.5) is 0 Å². The molecule has 1 saturated heterocycles. The summed E-state index contributed by atoms with van der Waals surface area (Å²) in [4.78, 5) is 25.1. The van der Waals surface area contributed by atoms with Crippen molar-refractivity contribution in [1.29, 1.82) is 0 Å². The molecule has 1 amide bonds. The van der Waals surface area contributed by atoms with Crippen LogP contribution in [-0.2, 0) is 9.53 Å². The first kappa shape index (κ1) is 12.0. The Hall–Kier alpha value is -1.49. The van der Waals surface area contributed by atoms with Gasteiger partial charge in [0.25, 0.3) is 5.91 Å². The van der Waals surface area contributed by atoms with Crippen LogP contribution in [0.1, 0.15) is 23.2 Å². The first-order valence-corrected chi connectivity index (χ1v) is 5.64. The zero-order valence-corrected chi connectivity index (χ0v) is 10.1. The van der Waals surface area contributed by atoms with Crippen LogP contribution in [0.5, 0.6) is 0 Å². The lowest BCUT2D eigenvalue weighted by molar-refractivity contribution is -0.145. The van der Waals surface area contributed by atoms with Gasteiger partial charge in [-0.2, -0.15) is 0 Å². The molecule has 2 heterocycles. The van der Waals surface area contributed by atoms with Crippen molar-refractivity contribution in [3.05, 3.63) is 23.1 Å². The minimum Gasteiger partial charge on any atom is -0.467 e. The molecule has 0 spiro atoms. The van der Waals surface area contributed by atoms with Crippen molar-refractivity contribution in [3.8, 4) is 0 Å². The number of amides is 1. The Balaban J connectivity index is 2.19. The van der Waals surface area contributed by atoms with E-state index in [0.29, 0.717) is 13.0 Å². The number of carbonyl (C=O) groups excluding carboxylic acids is 2. The molecule has 1 aliphatic heterocycles. The van der Waals surface area contributed by atoms with Crippen LogP contribution >= 0.6 is 11.6 Å². The van der Waals surface area contributed by atoms with E-state index in [0.717, 1.165) is 6.42 Å².